The number of methoxy groups -OCH3 is 2. The average Bonchev–Trinajstić information content (AvgIpc) is 2.73. The topological polar surface area (TPSA) is 70.4 Å². The maximum atomic E-state index is 11.9. The summed E-state index contributed by atoms with van der Waals surface area (Å²) in [6, 6.07) is -0.551. The smallest absolute Gasteiger partial charge is 0.328 e. The number of aryl methyl sites for hydroxylation is 1. The van der Waals surface area contributed by atoms with Gasteiger partial charge in [-0.3, -0.25) is 9.36 Å². The third-order valence-corrected chi connectivity index (χ3v) is 2.69. The molecule has 2 heterocycles. The van der Waals surface area contributed by atoms with Gasteiger partial charge in [-0.15, -0.1) is 0 Å². The van der Waals surface area contributed by atoms with Gasteiger partial charge >= 0.3 is 11.5 Å². The van der Waals surface area contributed by atoms with Crippen LogP contribution in [0.3, 0.4) is 0 Å². The second kappa shape index (κ2) is 3.96. The highest BCUT2D eigenvalue weighted by Gasteiger charge is 2.31. The number of esters is 1. The van der Waals surface area contributed by atoms with Crippen LogP contribution in [-0.4, -0.2) is 29.7 Å². The number of carbonyl (C=O) groups excluding carboxylic acids is 1. The van der Waals surface area contributed by atoms with Crippen molar-refractivity contribution in [1.82, 2.24) is 9.55 Å². The molecule has 86 valence electrons. The van der Waals surface area contributed by atoms with Gasteiger partial charge in [-0.2, -0.15) is 0 Å². The minimum Gasteiger partial charge on any atom is -0.477 e. The third kappa shape index (κ3) is 1.46. The van der Waals surface area contributed by atoms with Crippen LogP contribution in [0.5, 0.6) is 5.88 Å². The number of carbonyl (C=O) groups is 1. The molecule has 6 heteroatoms. The van der Waals surface area contributed by atoms with Crippen molar-refractivity contribution >= 4 is 5.97 Å². The van der Waals surface area contributed by atoms with Crippen molar-refractivity contribution in [1.29, 1.82) is 0 Å². The van der Waals surface area contributed by atoms with Gasteiger partial charge in [0.25, 0.3) is 5.88 Å². The Bertz CT molecular complexity index is 480. The van der Waals surface area contributed by atoms with Crippen LogP contribution in [0.1, 0.15) is 18.2 Å². The molecule has 0 saturated carbocycles. The zero-order valence-corrected chi connectivity index (χ0v) is 9.10. The molecule has 0 bridgehead atoms. The second-order valence-electron chi connectivity index (χ2n) is 3.51. The van der Waals surface area contributed by atoms with E-state index >= 15 is 0 Å². The Morgan fingerprint density at radius 1 is 1.56 bits per heavy atom. The summed E-state index contributed by atoms with van der Waals surface area (Å²) < 4.78 is 10.9. The quantitative estimate of drug-likeness (QED) is 0.657. The molecule has 1 aromatic rings. The van der Waals surface area contributed by atoms with E-state index in [0.717, 1.165) is 5.69 Å². The molecule has 1 atom stereocenters. The van der Waals surface area contributed by atoms with Crippen LogP contribution in [0.15, 0.2) is 11.0 Å². The van der Waals surface area contributed by atoms with Crippen molar-refractivity contribution in [2.24, 2.45) is 0 Å². The molecule has 16 heavy (non-hydrogen) atoms. The minimum atomic E-state index is -0.551. The van der Waals surface area contributed by atoms with Crippen LogP contribution in [0.4, 0.5) is 0 Å². The maximum Gasteiger partial charge on any atom is 0.328 e. The first-order chi connectivity index (χ1) is 7.69. The molecular weight excluding hydrogens is 212 g/mol. The van der Waals surface area contributed by atoms with Crippen LogP contribution in [0.2, 0.25) is 0 Å². The molecule has 1 aliphatic rings. The van der Waals surface area contributed by atoms with Gasteiger partial charge in [-0.25, -0.2) is 9.78 Å². The highest BCUT2D eigenvalue weighted by molar-refractivity contribution is 5.74. The molecule has 1 aromatic heterocycles. The summed E-state index contributed by atoms with van der Waals surface area (Å²) >= 11 is 0. The summed E-state index contributed by atoms with van der Waals surface area (Å²) in [7, 11) is 2.68. The van der Waals surface area contributed by atoms with Crippen molar-refractivity contribution < 1.29 is 14.3 Å². The number of aromatic nitrogens is 2. The molecular formula is C10H12N2O4. The Morgan fingerprint density at radius 2 is 2.31 bits per heavy atom. The van der Waals surface area contributed by atoms with E-state index in [1.807, 2.05) is 0 Å². The van der Waals surface area contributed by atoms with E-state index in [-0.39, 0.29) is 11.4 Å². The zero-order valence-electron chi connectivity index (χ0n) is 9.10. The normalized spacial score (nSPS) is 18.0. The van der Waals surface area contributed by atoms with E-state index in [0.29, 0.717) is 12.8 Å². The summed E-state index contributed by atoms with van der Waals surface area (Å²) in [5, 5.41) is 0. The van der Waals surface area contributed by atoms with Gasteiger partial charge in [-0.05, 0) is 12.8 Å². The lowest BCUT2D eigenvalue weighted by Gasteiger charge is -2.12. The fourth-order valence-electron chi connectivity index (χ4n) is 1.92. The van der Waals surface area contributed by atoms with Crippen LogP contribution in [-0.2, 0) is 16.0 Å². The number of nitrogens with zero attached hydrogens (tertiary/aromatic N) is 2. The summed E-state index contributed by atoms with van der Waals surface area (Å²) in [6.07, 6.45) is 2.77. The molecule has 0 aromatic carbocycles. The lowest BCUT2D eigenvalue weighted by Crippen LogP contribution is -2.29. The third-order valence-electron chi connectivity index (χ3n) is 2.69. The lowest BCUT2D eigenvalue weighted by atomic mass is 10.2. The van der Waals surface area contributed by atoms with Crippen LogP contribution >= 0.6 is 0 Å². The Morgan fingerprint density at radius 3 is 2.94 bits per heavy atom. The first kappa shape index (κ1) is 10.7. The monoisotopic (exact) mass is 224 g/mol. The van der Waals surface area contributed by atoms with E-state index in [1.165, 1.54) is 18.8 Å². The molecule has 0 saturated heterocycles. The van der Waals surface area contributed by atoms with E-state index < -0.39 is 12.0 Å². The van der Waals surface area contributed by atoms with Crippen molar-refractivity contribution in [2.45, 2.75) is 18.9 Å². The number of hydrogen-bond donors (Lipinski definition) is 0. The molecule has 0 spiro atoms. The summed E-state index contributed by atoms with van der Waals surface area (Å²) in [5.74, 6) is -0.409. The highest BCUT2D eigenvalue weighted by Crippen LogP contribution is 2.24. The Kier molecular flexibility index (Phi) is 2.64. The zero-order chi connectivity index (χ0) is 11.7. The summed E-state index contributed by atoms with van der Waals surface area (Å²) in [6.45, 7) is 0. The number of fused-ring (bicyclic) bond motifs is 1. The molecule has 0 radical (unpaired) electrons. The molecule has 0 amide bonds. The summed E-state index contributed by atoms with van der Waals surface area (Å²) in [4.78, 5) is 27.3. The van der Waals surface area contributed by atoms with E-state index in [2.05, 4.69) is 9.72 Å². The average molecular weight is 224 g/mol. The molecule has 2 rings (SSSR count). The largest absolute Gasteiger partial charge is 0.477 e. The first-order valence-electron chi connectivity index (χ1n) is 4.91. The fraction of sp³-hybridized carbons (Fsp3) is 0.500. The number of hydrogen-bond acceptors (Lipinski definition) is 5. The van der Waals surface area contributed by atoms with Crippen LogP contribution < -0.4 is 10.3 Å². The fourth-order valence-corrected chi connectivity index (χ4v) is 1.92. The van der Waals surface area contributed by atoms with Crippen molar-refractivity contribution in [2.75, 3.05) is 14.2 Å². The van der Waals surface area contributed by atoms with Gasteiger partial charge in [0.15, 0.2) is 0 Å². The minimum absolute atomic E-state index is 0.000414. The SMILES string of the molecule is COC(=O)C1CCc2cnc(OC)c(=O)n21. The number of ether oxygens (including phenoxy) is 2. The molecule has 0 aliphatic carbocycles. The molecule has 1 aliphatic heterocycles. The van der Waals surface area contributed by atoms with Gasteiger partial charge in [0.1, 0.15) is 6.04 Å². The summed E-state index contributed by atoms with van der Waals surface area (Å²) in [5.41, 5.74) is 0.356. The van der Waals surface area contributed by atoms with E-state index in [1.54, 1.807) is 6.20 Å². The van der Waals surface area contributed by atoms with Gasteiger partial charge in [0.05, 0.1) is 20.4 Å². The van der Waals surface area contributed by atoms with Gasteiger partial charge in [0.2, 0.25) is 0 Å². The van der Waals surface area contributed by atoms with Crippen molar-refractivity contribution in [3.05, 3.63) is 22.2 Å². The Balaban J connectivity index is 2.52. The van der Waals surface area contributed by atoms with Crippen LogP contribution in [0.25, 0.3) is 0 Å². The van der Waals surface area contributed by atoms with Gasteiger partial charge in [-0.1, -0.05) is 0 Å². The first-order valence-corrected chi connectivity index (χ1v) is 4.91. The Hall–Kier alpha value is -1.85. The molecule has 6 nitrogen and oxygen atoms in total. The molecule has 1 unspecified atom stereocenters. The maximum absolute atomic E-state index is 11.9. The standard InChI is InChI=1S/C10H12N2O4/c1-15-8-9(13)12-6(5-11-8)3-4-7(12)10(14)16-2/h5,7H,3-4H2,1-2H3. The predicted molar refractivity (Wildman–Crippen MR) is 54.4 cm³/mol. The van der Waals surface area contributed by atoms with Crippen molar-refractivity contribution in [3.63, 3.8) is 0 Å². The number of rotatable bonds is 2. The molecule has 0 N–H and O–H groups in total. The van der Waals surface area contributed by atoms with E-state index in [4.69, 9.17) is 4.74 Å². The Labute approximate surface area is 91.8 Å². The van der Waals surface area contributed by atoms with Gasteiger partial charge in [0, 0.05) is 5.69 Å². The second-order valence-corrected chi connectivity index (χ2v) is 3.51. The van der Waals surface area contributed by atoms with E-state index in [9.17, 15) is 9.59 Å². The van der Waals surface area contributed by atoms with Crippen molar-refractivity contribution in [3.8, 4) is 5.88 Å². The predicted octanol–water partition coefficient (Wildman–Crippen LogP) is -0.0878. The van der Waals surface area contributed by atoms with Crippen LogP contribution in [0, 0.1) is 0 Å². The van der Waals surface area contributed by atoms with Gasteiger partial charge < -0.3 is 9.47 Å². The lowest BCUT2D eigenvalue weighted by molar-refractivity contribution is -0.144. The molecule has 0 fully saturated rings. The highest BCUT2D eigenvalue weighted by atomic mass is 16.5.